The summed E-state index contributed by atoms with van der Waals surface area (Å²) in [4.78, 5) is 56.7. The third-order valence-corrected chi connectivity index (χ3v) is 6.89. The van der Waals surface area contributed by atoms with Gasteiger partial charge in [-0.3, -0.25) is 14.5 Å². The minimum absolute atomic E-state index is 0.0423. The van der Waals surface area contributed by atoms with Gasteiger partial charge < -0.3 is 24.3 Å². The van der Waals surface area contributed by atoms with E-state index in [4.69, 9.17) is 18.9 Å². The first-order chi connectivity index (χ1) is 18.9. The average molecular weight is 554 g/mol. The van der Waals surface area contributed by atoms with Gasteiger partial charge in [0, 0.05) is 29.9 Å². The normalized spacial score (nSPS) is 23.7. The second-order valence-electron chi connectivity index (χ2n) is 10.9. The van der Waals surface area contributed by atoms with Crippen molar-refractivity contribution in [1.82, 2.24) is 15.2 Å². The van der Waals surface area contributed by atoms with E-state index in [9.17, 15) is 19.2 Å². The Hall–Kier alpha value is -4.15. The lowest BCUT2D eigenvalue weighted by atomic mass is 10.1. The molecule has 0 bridgehead atoms. The van der Waals surface area contributed by atoms with Crippen molar-refractivity contribution in [2.75, 3.05) is 20.3 Å². The van der Waals surface area contributed by atoms with E-state index in [1.54, 1.807) is 52.0 Å². The van der Waals surface area contributed by atoms with E-state index in [-0.39, 0.29) is 31.2 Å². The summed E-state index contributed by atoms with van der Waals surface area (Å²) in [5.74, 6) is -0.394. The molecule has 4 atom stereocenters. The average Bonchev–Trinajstić information content (AvgIpc) is 3.46. The smallest absolute Gasteiger partial charge is 0.411 e. The number of methoxy groups -OCH3 is 1. The molecular formula is C29H35N3O8. The van der Waals surface area contributed by atoms with Crippen LogP contribution in [0.3, 0.4) is 0 Å². The van der Waals surface area contributed by atoms with Crippen LogP contribution in [0.15, 0.2) is 36.9 Å². The monoisotopic (exact) mass is 553 g/mol. The highest BCUT2D eigenvalue weighted by molar-refractivity contribution is 5.95. The van der Waals surface area contributed by atoms with Crippen LogP contribution in [0.4, 0.5) is 4.79 Å². The van der Waals surface area contributed by atoms with Crippen molar-refractivity contribution in [3.8, 4) is 11.5 Å². The molecule has 1 aromatic carbocycles. The number of benzene rings is 1. The number of carbonyl (C=O) groups is 4. The highest BCUT2D eigenvalue weighted by Crippen LogP contribution is 2.45. The molecule has 0 radical (unpaired) electrons. The van der Waals surface area contributed by atoms with Gasteiger partial charge in [0.25, 0.3) is 0 Å². The van der Waals surface area contributed by atoms with Gasteiger partial charge in [-0.15, -0.1) is 6.58 Å². The standard InChI is InChI=1S/C29H35N3O8/c1-7-17-14-29(17,26(35)38-8-2)31-25(34)23-13-20(15-32(23)27(36)40-28(3,4)5)39-24-11-18(16-33)30-22-12-19(37-6)9-10-21(22)24/h7,9-12,16-17,20,23H,1,8,13-15H2,2-6H3,(H,31,34)/t17?,20-,23+,29-/m1/s1. The molecule has 40 heavy (non-hydrogen) atoms. The van der Waals surface area contributed by atoms with Crippen molar-refractivity contribution in [2.24, 2.45) is 5.92 Å². The zero-order valence-corrected chi connectivity index (χ0v) is 23.4. The molecule has 2 amide bonds. The molecule has 1 unspecified atom stereocenters. The van der Waals surface area contributed by atoms with Crippen molar-refractivity contribution >= 4 is 35.2 Å². The third-order valence-electron chi connectivity index (χ3n) is 6.89. The molecule has 1 saturated heterocycles. The quantitative estimate of drug-likeness (QED) is 0.282. The summed E-state index contributed by atoms with van der Waals surface area (Å²) in [6.45, 7) is 10.9. The van der Waals surface area contributed by atoms with Gasteiger partial charge in [-0.25, -0.2) is 14.6 Å². The topological polar surface area (TPSA) is 133 Å². The highest BCUT2D eigenvalue weighted by atomic mass is 16.6. The molecule has 1 N–H and O–H groups in total. The van der Waals surface area contributed by atoms with Gasteiger partial charge in [-0.05, 0) is 46.2 Å². The van der Waals surface area contributed by atoms with Crippen LogP contribution in [0.1, 0.15) is 51.0 Å². The Morgan fingerprint density at radius 3 is 2.60 bits per heavy atom. The lowest BCUT2D eigenvalue weighted by Gasteiger charge is -2.28. The number of aldehydes is 1. The Labute approximate surface area is 232 Å². The van der Waals surface area contributed by atoms with Crippen LogP contribution in [-0.4, -0.2) is 77.7 Å². The molecule has 0 spiro atoms. The van der Waals surface area contributed by atoms with Crippen molar-refractivity contribution in [3.05, 3.63) is 42.6 Å². The van der Waals surface area contributed by atoms with E-state index in [0.29, 0.717) is 35.1 Å². The number of ether oxygens (including phenoxy) is 4. The van der Waals surface area contributed by atoms with E-state index in [1.807, 2.05) is 0 Å². The zero-order valence-electron chi connectivity index (χ0n) is 23.4. The Morgan fingerprint density at radius 1 is 1.25 bits per heavy atom. The van der Waals surface area contributed by atoms with Crippen molar-refractivity contribution in [2.45, 2.75) is 63.8 Å². The molecule has 214 valence electrons. The van der Waals surface area contributed by atoms with Crippen LogP contribution in [0.25, 0.3) is 10.9 Å². The first-order valence-corrected chi connectivity index (χ1v) is 13.2. The minimum Gasteiger partial charge on any atom is -0.497 e. The molecule has 2 aromatic rings. The fraction of sp³-hybridized carbons (Fsp3) is 0.483. The second-order valence-corrected chi connectivity index (χ2v) is 10.9. The first-order valence-electron chi connectivity index (χ1n) is 13.2. The van der Waals surface area contributed by atoms with Crippen LogP contribution < -0.4 is 14.8 Å². The van der Waals surface area contributed by atoms with Crippen LogP contribution >= 0.6 is 0 Å². The Morgan fingerprint density at radius 2 is 2.00 bits per heavy atom. The van der Waals surface area contributed by atoms with Gasteiger partial charge in [0.15, 0.2) is 6.29 Å². The number of likely N-dealkylation sites (tertiary alicyclic amines) is 1. The van der Waals surface area contributed by atoms with Gasteiger partial charge >= 0.3 is 12.1 Å². The second kappa shape index (κ2) is 11.1. The predicted molar refractivity (Wildman–Crippen MR) is 145 cm³/mol. The number of nitrogens with one attached hydrogen (secondary N) is 1. The largest absolute Gasteiger partial charge is 0.497 e. The number of carbonyl (C=O) groups excluding carboxylic acids is 4. The van der Waals surface area contributed by atoms with Gasteiger partial charge in [0.2, 0.25) is 5.91 Å². The Bertz CT molecular complexity index is 1340. The molecule has 4 rings (SSSR count). The summed E-state index contributed by atoms with van der Waals surface area (Å²) < 4.78 is 22.4. The number of pyridine rings is 1. The van der Waals surface area contributed by atoms with Crippen LogP contribution in [-0.2, 0) is 19.1 Å². The minimum atomic E-state index is -1.22. The SMILES string of the molecule is C=CC1C[C@]1(NC(=O)[C@@H]1C[C@@H](Oc2cc(C=O)nc3cc(OC)ccc23)CN1C(=O)OC(C)(C)C)C(=O)OCC. The summed E-state index contributed by atoms with van der Waals surface area (Å²) >= 11 is 0. The number of hydrogen-bond donors (Lipinski definition) is 1. The fourth-order valence-electron chi connectivity index (χ4n) is 4.88. The lowest BCUT2D eigenvalue weighted by molar-refractivity contribution is -0.149. The molecule has 2 aliphatic rings. The lowest BCUT2D eigenvalue weighted by Crippen LogP contribution is -2.53. The van der Waals surface area contributed by atoms with Gasteiger partial charge in [-0.2, -0.15) is 0 Å². The molecule has 1 aliphatic carbocycles. The van der Waals surface area contributed by atoms with Crippen molar-refractivity contribution < 1.29 is 38.1 Å². The molecule has 1 aliphatic heterocycles. The number of amides is 2. The summed E-state index contributed by atoms with van der Waals surface area (Å²) in [5.41, 5.74) is -1.36. The summed E-state index contributed by atoms with van der Waals surface area (Å²) in [5, 5.41) is 3.46. The molecule has 1 saturated carbocycles. The van der Waals surface area contributed by atoms with Crippen LogP contribution in [0.2, 0.25) is 0 Å². The van der Waals surface area contributed by atoms with E-state index in [1.165, 1.54) is 18.1 Å². The number of esters is 1. The summed E-state index contributed by atoms with van der Waals surface area (Å²) in [6, 6.07) is 5.74. The van der Waals surface area contributed by atoms with Crippen molar-refractivity contribution in [3.63, 3.8) is 0 Å². The van der Waals surface area contributed by atoms with Crippen molar-refractivity contribution in [1.29, 1.82) is 0 Å². The molecule has 1 aromatic heterocycles. The fourth-order valence-corrected chi connectivity index (χ4v) is 4.88. The number of aromatic nitrogens is 1. The predicted octanol–water partition coefficient (Wildman–Crippen LogP) is 3.44. The maximum atomic E-state index is 13.6. The molecule has 2 heterocycles. The maximum absolute atomic E-state index is 13.6. The third kappa shape index (κ3) is 5.88. The molecular weight excluding hydrogens is 518 g/mol. The number of rotatable bonds is 9. The van der Waals surface area contributed by atoms with Gasteiger partial charge in [-0.1, -0.05) is 6.08 Å². The highest BCUT2D eigenvalue weighted by Gasteiger charge is 2.62. The maximum Gasteiger partial charge on any atom is 0.411 e. The van der Waals surface area contributed by atoms with Crippen LogP contribution in [0.5, 0.6) is 11.5 Å². The Kier molecular flexibility index (Phi) is 8.04. The van der Waals surface area contributed by atoms with Gasteiger partial charge in [0.1, 0.15) is 40.5 Å². The van der Waals surface area contributed by atoms with E-state index >= 15 is 0 Å². The summed E-state index contributed by atoms with van der Waals surface area (Å²) in [6.07, 6.45) is 1.41. The van der Waals surface area contributed by atoms with E-state index in [0.717, 1.165) is 0 Å². The number of nitrogens with zero attached hydrogens (tertiary/aromatic N) is 2. The number of hydrogen-bond acceptors (Lipinski definition) is 9. The van der Waals surface area contributed by atoms with Gasteiger partial charge in [0.05, 0.1) is 25.8 Å². The zero-order chi connectivity index (χ0) is 29.2. The Balaban J connectivity index is 1.62. The molecule has 11 heteroatoms. The molecule has 2 fully saturated rings. The summed E-state index contributed by atoms with van der Waals surface area (Å²) in [7, 11) is 1.53. The molecule has 11 nitrogen and oxygen atoms in total. The first kappa shape index (κ1) is 28.8. The van der Waals surface area contributed by atoms with E-state index in [2.05, 4.69) is 16.9 Å². The van der Waals surface area contributed by atoms with E-state index < -0.39 is 41.3 Å². The number of fused-ring (bicyclic) bond motifs is 1. The van der Waals surface area contributed by atoms with Crippen LogP contribution in [0, 0.1) is 5.92 Å².